The summed E-state index contributed by atoms with van der Waals surface area (Å²) in [6.45, 7) is 1.29. The van der Waals surface area contributed by atoms with E-state index in [1.165, 1.54) is 32.1 Å². The van der Waals surface area contributed by atoms with Gasteiger partial charge in [0.25, 0.3) is 5.91 Å². The van der Waals surface area contributed by atoms with Gasteiger partial charge in [0, 0.05) is 30.6 Å². The molecule has 0 spiro atoms. The second-order valence-corrected chi connectivity index (χ2v) is 7.85. The summed E-state index contributed by atoms with van der Waals surface area (Å²) in [7, 11) is 1.61. The van der Waals surface area contributed by atoms with Crippen molar-refractivity contribution in [3.8, 4) is 5.75 Å². The minimum Gasteiger partial charge on any atom is -0.497 e. The Balaban J connectivity index is 1.47. The number of methoxy groups -OCH3 is 1. The van der Waals surface area contributed by atoms with E-state index in [1.54, 1.807) is 19.2 Å². The molecule has 1 N–H and O–H groups in total. The van der Waals surface area contributed by atoms with Crippen LogP contribution in [0.15, 0.2) is 24.3 Å². The summed E-state index contributed by atoms with van der Waals surface area (Å²) in [5.41, 5.74) is 0.674. The normalized spacial score (nSPS) is 19.8. The topological polar surface area (TPSA) is 58.6 Å². The zero-order chi connectivity index (χ0) is 19.1. The number of hydrogen-bond donors (Lipinski definition) is 1. The lowest BCUT2D eigenvalue weighted by Crippen LogP contribution is -2.45. The van der Waals surface area contributed by atoms with Gasteiger partial charge >= 0.3 is 0 Å². The highest BCUT2D eigenvalue weighted by atomic mass is 16.5. The van der Waals surface area contributed by atoms with Crippen LogP contribution in [0.25, 0.3) is 0 Å². The second-order valence-electron chi connectivity index (χ2n) is 7.85. The van der Waals surface area contributed by atoms with Crippen LogP contribution in [0.4, 0.5) is 0 Å². The summed E-state index contributed by atoms with van der Waals surface area (Å²) in [5.74, 6) is 1.01. The van der Waals surface area contributed by atoms with Gasteiger partial charge in [-0.05, 0) is 49.9 Å². The van der Waals surface area contributed by atoms with Gasteiger partial charge in [0.1, 0.15) is 5.75 Å². The maximum absolute atomic E-state index is 12.7. The molecule has 2 aliphatic rings. The largest absolute Gasteiger partial charge is 0.497 e. The van der Waals surface area contributed by atoms with E-state index in [-0.39, 0.29) is 17.7 Å². The maximum atomic E-state index is 12.7. The van der Waals surface area contributed by atoms with E-state index in [0.717, 1.165) is 31.4 Å². The SMILES string of the molecule is COc1ccc(C(=O)N2CCC(C(=O)NC3CCCCCCC3)CC2)cc1. The highest BCUT2D eigenvalue weighted by Crippen LogP contribution is 2.22. The van der Waals surface area contributed by atoms with E-state index in [1.807, 2.05) is 17.0 Å². The fraction of sp³-hybridized carbons (Fsp3) is 0.636. The molecule has 2 fully saturated rings. The summed E-state index contributed by atoms with van der Waals surface area (Å²) < 4.78 is 5.14. The van der Waals surface area contributed by atoms with Crippen molar-refractivity contribution in [3.05, 3.63) is 29.8 Å². The fourth-order valence-corrected chi connectivity index (χ4v) is 4.18. The lowest BCUT2D eigenvalue weighted by molar-refractivity contribution is -0.127. The van der Waals surface area contributed by atoms with Crippen molar-refractivity contribution in [3.63, 3.8) is 0 Å². The molecule has 5 heteroatoms. The lowest BCUT2D eigenvalue weighted by Gasteiger charge is -2.32. The third kappa shape index (κ3) is 5.47. The maximum Gasteiger partial charge on any atom is 0.253 e. The van der Waals surface area contributed by atoms with E-state index >= 15 is 0 Å². The number of likely N-dealkylation sites (tertiary alicyclic amines) is 1. The predicted molar refractivity (Wildman–Crippen MR) is 106 cm³/mol. The molecule has 0 unspecified atom stereocenters. The van der Waals surface area contributed by atoms with Gasteiger partial charge in [-0.3, -0.25) is 9.59 Å². The van der Waals surface area contributed by atoms with E-state index in [4.69, 9.17) is 4.74 Å². The number of piperidine rings is 1. The number of carbonyl (C=O) groups is 2. The van der Waals surface area contributed by atoms with Crippen LogP contribution in [0.1, 0.15) is 68.1 Å². The highest BCUT2D eigenvalue weighted by molar-refractivity contribution is 5.94. The third-order valence-corrected chi connectivity index (χ3v) is 5.94. The summed E-state index contributed by atoms with van der Waals surface area (Å²) >= 11 is 0. The van der Waals surface area contributed by atoms with Crippen LogP contribution in [-0.4, -0.2) is 43.0 Å². The smallest absolute Gasteiger partial charge is 0.253 e. The van der Waals surface area contributed by atoms with Crippen LogP contribution in [0.2, 0.25) is 0 Å². The summed E-state index contributed by atoms with van der Waals surface area (Å²) in [4.78, 5) is 27.2. The van der Waals surface area contributed by atoms with E-state index < -0.39 is 0 Å². The van der Waals surface area contributed by atoms with Crippen LogP contribution in [0.5, 0.6) is 5.75 Å². The molecule has 2 amide bonds. The highest BCUT2D eigenvalue weighted by Gasteiger charge is 2.29. The van der Waals surface area contributed by atoms with Crippen molar-refractivity contribution in [1.29, 1.82) is 0 Å². The minimum absolute atomic E-state index is 0.0374. The first-order chi connectivity index (χ1) is 13.2. The zero-order valence-corrected chi connectivity index (χ0v) is 16.4. The van der Waals surface area contributed by atoms with Crippen LogP contribution in [0, 0.1) is 5.92 Å². The first-order valence-electron chi connectivity index (χ1n) is 10.4. The molecule has 0 atom stereocenters. The molecule has 0 aromatic heterocycles. The lowest BCUT2D eigenvalue weighted by atomic mass is 9.93. The Labute approximate surface area is 162 Å². The first kappa shape index (κ1) is 19.7. The van der Waals surface area contributed by atoms with Crippen molar-refractivity contribution in [2.45, 2.75) is 63.8 Å². The number of benzene rings is 1. The average Bonchev–Trinajstić information content (AvgIpc) is 2.69. The van der Waals surface area contributed by atoms with Crippen molar-refractivity contribution in [1.82, 2.24) is 10.2 Å². The van der Waals surface area contributed by atoms with Crippen LogP contribution >= 0.6 is 0 Å². The molecule has 1 aliphatic heterocycles. The zero-order valence-electron chi connectivity index (χ0n) is 16.4. The van der Waals surface area contributed by atoms with Gasteiger partial charge < -0.3 is 15.0 Å². The molecule has 1 saturated carbocycles. The molecule has 3 rings (SSSR count). The van der Waals surface area contributed by atoms with Gasteiger partial charge in [-0.25, -0.2) is 0 Å². The fourth-order valence-electron chi connectivity index (χ4n) is 4.18. The quantitative estimate of drug-likeness (QED) is 0.875. The van der Waals surface area contributed by atoms with Gasteiger partial charge in [0.15, 0.2) is 0 Å². The van der Waals surface area contributed by atoms with Gasteiger partial charge in [-0.15, -0.1) is 0 Å². The van der Waals surface area contributed by atoms with Crippen molar-refractivity contribution in [2.24, 2.45) is 5.92 Å². The molecule has 1 aliphatic carbocycles. The summed E-state index contributed by atoms with van der Waals surface area (Å²) in [6.07, 6.45) is 10.1. The van der Waals surface area contributed by atoms with Crippen molar-refractivity contribution >= 4 is 11.8 Å². The molecule has 1 aromatic rings. The van der Waals surface area contributed by atoms with Crippen molar-refractivity contribution < 1.29 is 14.3 Å². The number of nitrogens with zero attached hydrogens (tertiary/aromatic N) is 1. The second kappa shape index (κ2) is 9.77. The Kier molecular flexibility index (Phi) is 7.13. The Morgan fingerprint density at radius 3 is 2.11 bits per heavy atom. The molecule has 0 bridgehead atoms. The van der Waals surface area contributed by atoms with Crippen molar-refractivity contribution in [2.75, 3.05) is 20.2 Å². The Morgan fingerprint density at radius 1 is 0.926 bits per heavy atom. The Bertz CT molecular complexity index is 613. The molecular formula is C22H32N2O3. The number of ether oxygens (including phenoxy) is 1. The first-order valence-corrected chi connectivity index (χ1v) is 10.4. The van der Waals surface area contributed by atoms with Gasteiger partial charge in [-0.1, -0.05) is 32.1 Å². The molecule has 1 saturated heterocycles. The predicted octanol–water partition coefficient (Wildman–Crippen LogP) is 3.78. The van der Waals surface area contributed by atoms with Crippen LogP contribution in [0.3, 0.4) is 0 Å². The summed E-state index contributed by atoms with van der Waals surface area (Å²) in [6, 6.07) is 7.56. The summed E-state index contributed by atoms with van der Waals surface area (Å²) in [5, 5.41) is 3.29. The van der Waals surface area contributed by atoms with Gasteiger partial charge in [0.05, 0.1) is 7.11 Å². The average molecular weight is 373 g/mol. The molecule has 1 aromatic carbocycles. The molecule has 0 radical (unpaired) electrons. The van der Waals surface area contributed by atoms with E-state index in [2.05, 4.69) is 5.32 Å². The van der Waals surface area contributed by atoms with Crippen LogP contribution in [-0.2, 0) is 4.79 Å². The Hall–Kier alpha value is -2.04. The number of rotatable bonds is 4. The van der Waals surface area contributed by atoms with Gasteiger partial charge in [-0.2, -0.15) is 0 Å². The number of hydrogen-bond acceptors (Lipinski definition) is 3. The number of nitrogens with one attached hydrogen (secondary N) is 1. The standard InChI is InChI=1S/C22H32N2O3/c1-27-20-11-9-18(10-12-20)22(26)24-15-13-17(14-16-24)21(25)23-19-7-5-3-2-4-6-8-19/h9-12,17,19H,2-8,13-16H2,1H3,(H,23,25). The molecule has 5 nitrogen and oxygen atoms in total. The molecular weight excluding hydrogens is 340 g/mol. The molecule has 148 valence electrons. The van der Waals surface area contributed by atoms with Gasteiger partial charge in [0.2, 0.25) is 5.91 Å². The Morgan fingerprint density at radius 2 is 1.52 bits per heavy atom. The monoisotopic (exact) mass is 372 g/mol. The minimum atomic E-state index is 0.0374. The van der Waals surface area contributed by atoms with E-state index in [9.17, 15) is 9.59 Å². The number of amides is 2. The molecule has 27 heavy (non-hydrogen) atoms. The third-order valence-electron chi connectivity index (χ3n) is 5.94. The number of carbonyl (C=O) groups excluding carboxylic acids is 2. The molecule has 1 heterocycles. The van der Waals surface area contributed by atoms with E-state index in [0.29, 0.717) is 24.7 Å². The van der Waals surface area contributed by atoms with Crippen LogP contribution < -0.4 is 10.1 Å².